The van der Waals surface area contributed by atoms with Crippen molar-refractivity contribution in [3.8, 4) is 0 Å². The molecule has 1 heterocycles. The number of hydrogen-bond donors (Lipinski definition) is 1. The number of nitrogens with zero attached hydrogens (tertiary/aromatic N) is 1. The molecular weight excluding hydrogens is 190 g/mol. The van der Waals surface area contributed by atoms with Crippen molar-refractivity contribution in [3.63, 3.8) is 0 Å². The molecule has 90 valence electrons. The lowest BCUT2D eigenvalue weighted by molar-refractivity contribution is 0.0380. The van der Waals surface area contributed by atoms with Crippen LogP contribution >= 0.6 is 0 Å². The molecule has 15 heavy (non-hydrogen) atoms. The minimum Gasteiger partial charge on any atom is -0.396 e. The second-order valence-corrected chi connectivity index (χ2v) is 4.70. The SMILES string of the molecule is CCC1(CO)CCN(CCCOC)CC1. The molecule has 1 fully saturated rings. The normalized spacial score (nSPS) is 21.8. The van der Waals surface area contributed by atoms with E-state index < -0.39 is 0 Å². The van der Waals surface area contributed by atoms with E-state index in [0.29, 0.717) is 6.61 Å². The summed E-state index contributed by atoms with van der Waals surface area (Å²) >= 11 is 0. The summed E-state index contributed by atoms with van der Waals surface area (Å²) in [7, 11) is 1.75. The zero-order valence-corrected chi connectivity index (χ0v) is 10.2. The molecule has 1 aliphatic heterocycles. The Morgan fingerprint density at radius 3 is 2.47 bits per heavy atom. The van der Waals surface area contributed by atoms with E-state index in [2.05, 4.69) is 11.8 Å². The standard InChI is InChI=1S/C12H25NO2/c1-3-12(11-14)5-8-13(9-6-12)7-4-10-15-2/h14H,3-11H2,1-2H3. The predicted octanol–water partition coefficient (Wildman–Crippen LogP) is 1.51. The van der Waals surface area contributed by atoms with Gasteiger partial charge in [0.15, 0.2) is 0 Å². The van der Waals surface area contributed by atoms with Crippen LogP contribution in [-0.4, -0.2) is 50.0 Å². The van der Waals surface area contributed by atoms with Gasteiger partial charge in [-0.05, 0) is 44.2 Å². The minimum absolute atomic E-state index is 0.220. The second-order valence-electron chi connectivity index (χ2n) is 4.70. The van der Waals surface area contributed by atoms with E-state index in [-0.39, 0.29) is 5.41 Å². The fourth-order valence-electron chi connectivity index (χ4n) is 2.31. The number of piperidine rings is 1. The van der Waals surface area contributed by atoms with Gasteiger partial charge in [-0.1, -0.05) is 6.92 Å². The summed E-state index contributed by atoms with van der Waals surface area (Å²) in [6.07, 6.45) is 4.52. The van der Waals surface area contributed by atoms with Crippen LogP contribution in [0.15, 0.2) is 0 Å². The second kappa shape index (κ2) is 6.46. The van der Waals surface area contributed by atoms with Crippen LogP contribution in [0.25, 0.3) is 0 Å². The molecule has 0 aromatic heterocycles. The summed E-state index contributed by atoms with van der Waals surface area (Å²) < 4.78 is 5.05. The van der Waals surface area contributed by atoms with Gasteiger partial charge in [0.05, 0.1) is 0 Å². The maximum absolute atomic E-state index is 9.40. The molecule has 1 N–H and O–H groups in total. The van der Waals surface area contributed by atoms with Gasteiger partial charge in [0.2, 0.25) is 0 Å². The lowest BCUT2D eigenvalue weighted by Crippen LogP contribution is -2.42. The quantitative estimate of drug-likeness (QED) is 0.682. The molecule has 3 heteroatoms. The van der Waals surface area contributed by atoms with Crippen LogP contribution in [0.4, 0.5) is 0 Å². The molecule has 0 unspecified atom stereocenters. The highest BCUT2D eigenvalue weighted by Crippen LogP contribution is 2.33. The van der Waals surface area contributed by atoms with Gasteiger partial charge in [0, 0.05) is 26.9 Å². The van der Waals surface area contributed by atoms with Crippen molar-refractivity contribution in [1.29, 1.82) is 0 Å². The number of ether oxygens (including phenoxy) is 1. The molecule has 0 amide bonds. The zero-order chi connectivity index (χ0) is 11.1. The van der Waals surface area contributed by atoms with Crippen molar-refractivity contribution in [1.82, 2.24) is 4.90 Å². The molecule has 0 atom stereocenters. The van der Waals surface area contributed by atoms with E-state index in [1.54, 1.807) is 7.11 Å². The minimum atomic E-state index is 0.220. The highest BCUT2D eigenvalue weighted by Gasteiger charge is 2.31. The summed E-state index contributed by atoms with van der Waals surface area (Å²) in [6.45, 7) is 6.82. The first-order valence-corrected chi connectivity index (χ1v) is 6.08. The summed E-state index contributed by atoms with van der Waals surface area (Å²) in [5.74, 6) is 0. The van der Waals surface area contributed by atoms with Crippen LogP contribution in [0.2, 0.25) is 0 Å². The molecular formula is C12H25NO2. The Bertz CT molecular complexity index is 159. The Morgan fingerprint density at radius 2 is 2.00 bits per heavy atom. The number of hydrogen-bond acceptors (Lipinski definition) is 3. The molecule has 0 aliphatic carbocycles. The van der Waals surface area contributed by atoms with Crippen molar-refractivity contribution in [2.75, 3.05) is 40.0 Å². The molecule has 0 aromatic rings. The van der Waals surface area contributed by atoms with Crippen LogP contribution in [0.5, 0.6) is 0 Å². The van der Waals surface area contributed by atoms with E-state index >= 15 is 0 Å². The maximum Gasteiger partial charge on any atom is 0.0488 e. The van der Waals surface area contributed by atoms with Gasteiger partial charge in [-0.25, -0.2) is 0 Å². The predicted molar refractivity (Wildman–Crippen MR) is 62.0 cm³/mol. The van der Waals surface area contributed by atoms with Crippen molar-refractivity contribution in [3.05, 3.63) is 0 Å². The first-order chi connectivity index (χ1) is 7.26. The summed E-state index contributed by atoms with van der Waals surface area (Å²) in [5.41, 5.74) is 0.220. The van der Waals surface area contributed by atoms with Crippen molar-refractivity contribution in [2.45, 2.75) is 32.6 Å². The van der Waals surface area contributed by atoms with Gasteiger partial charge in [-0.2, -0.15) is 0 Å². The van der Waals surface area contributed by atoms with Crippen molar-refractivity contribution >= 4 is 0 Å². The van der Waals surface area contributed by atoms with Crippen LogP contribution in [0.3, 0.4) is 0 Å². The number of methoxy groups -OCH3 is 1. The first kappa shape index (κ1) is 12.9. The van der Waals surface area contributed by atoms with Gasteiger partial charge >= 0.3 is 0 Å². The Balaban J connectivity index is 2.22. The molecule has 0 aromatic carbocycles. The molecule has 0 bridgehead atoms. The van der Waals surface area contributed by atoms with Crippen LogP contribution in [0.1, 0.15) is 32.6 Å². The van der Waals surface area contributed by atoms with E-state index in [4.69, 9.17) is 4.74 Å². The van der Waals surface area contributed by atoms with Gasteiger partial charge in [-0.3, -0.25) is 0 Å². The Hall–Kier alpha value is -0.120. The highest BCUT2D eigenvalue weighted by molar-refractivity contribution is 4.84. The molecule has 1 rings (SSSR count). The lowest BCUT2D eigenvalue weighted by atomic mass is 9.77. The number of likely N-dealkylation sites (tertiary alicyclic amines) is 1. The molecule has 1 aliphatic rings. The molecule has 0 saturated carbocycles. The Labute approximate surface area is 93.4 Å². The third-order valence-corrected chi connectivity index (χ3v) is 3.82. The Morgan fingerprint density at radius 1 is 1.33 bits per heavy atom. The van der Waals surface area contributed by atoms with Crippen LogP contribution < -0.4 is 0 Å². The van der Waals surface area contributed by atoms with E-state index in [0.717, 1.165) is 51.9 Å². The van der Waals surface area contributed by atoms with Crippen molar-refractivity contribution < 1.29 is 9.84 Å². The van der Waals surface area contributed by atoms with Crippen molar-refractivity contribution in [2.24, 2.45) is 5.41 Å². The van der Waals surface area contributed by atoms with Gasteiger partial charge < -0.3 is 14.7 Å². The number of rotatable bonds is 6. The topological polar surface area (TPSA) is 32.7 Å². The Kier molecular flexibility index (Phi) is 5.58. The largest absolute Gasteiger partial charge is 0.396 e. The fourth-order valence-corrected chi connectivity index (χ4v) is 2.31. The summed E-state index contributed by atoms with van der Waals surface area (Å²) in [4.78, 5) is 2.49. The fraction of sp³-hybridized carbons (Fsp3) is 1.00. The summed E-state index contributed by atoms with van der Waals surface area (Å²) in [5, 5.41) is 9.40. The van der Waals surface area contributed by atoms with E-state index in [1.165, 1.54) is 0 Å². The van der Waals surface area contributed by atoms with E-state index in [9.17, 15) is 5.11 Å². The third-order valence-electron chi connectivity index (χ3n) is 3.82. The maximum atomic E-state index is 9.40. The molecule has 0 spiro atoms. The third kappa shape index (κ3) is 3.74. The van der Waals surface area contributed by atoms with E-state index in [1.807, 2.05) is 0 Å². The van der Waals surface area contributed by atoms with Gasteiger partial charge in [0.1, 0.15) is 0 Å². The van der Waals surface area contributed by atoms with Crippen LogP contribution in [-0.2, 0) is 4.74 Å². The smallest absolute Gasteiger partial charge is 0.0488 e. The zero-order valence-electron chi connectivity index (χ0n) is 10.2. The average molecular weight is 215 g/mol. The lowest BCUT2D eigenvalue weighted by Gasteiger charge is -2.40. The number of aliphatic hydroxyl groups is 1. The monoisotopic (exact) mass is 215 g/mol. The molecule has 3 nitrogen and oxygen atoms in total. The molecule has 1 saturated heterocycles. The highest BCUT2D eigenvalue weighted by atomic mass is 16.5. The van der Waals surface area contributed by atoms with Crippen LogP contribution in [0, 0.1) is 5.41 Å². The number of aliphatic hydroxyl groups excluding tert-OH is 1. The molecule has 0 radical (unpaired) electrons. The van der Waals surface area contributed by atoms with Gasteiger partial charge in [-0.15, -0.1) is 0 Å². The first-order valence-electron chi connectivity index (χ1n) is 6.08. The van der Waals surface area contributed by atoms with Gasteiger partial charge in [0.25, 0.3) is 0 Å². The summed E-state index contributed by atoms with van der Waals surface area (Å²) in [6, 6.07) is 0. The average Bonchev–Trinajstić information content (AvgIpc) is 2.31.